The van der Waals surface area contributed by atoms with Gasteiger partial charge in [-0.25, -0.2) is 4.98 Å². The molecule has 4 heterocycles. The third-order valence-corrected chi connectivity index (χ3v) is 6.24. The molecule has 4 aromatic rings. The lowest BCUT2D eigenvalue weighted by atomic mass is 9.98. The average Bonchev–Trinajstić information content (AvgIpc) is 3.62. The predicted molar refractivity (Wildman–Crippen MR) is 149 cm³/mol. The number of nitrogens with one attached hydrogen (secondary N) is 3. The molecule has 0 unspecified atom stereocenters. The summed E-state index contributed by atoms with van der Waals surface area (Å²) in [6.45, 7) is 12.2. The Balaban J connectivity index is 1.52. The zero-order chi connectivity index (χ0) is 25.1. The maximum absolute atomic E-state index is 4.98. The molecule has 0 saturated heterocycles. The summed E-state index contributed by atoms with van der Waals surface area (Å²) < 4.78 is 0. The molecule has 0 atom stereocenters. The molecular weight excluding hydrogens is 444 g/mol. The van der Waals surface area contributed by atoms with Crippen molar-refractivity contribution in [3.05, 3.63) is 103 Å². The lowest BCUT2D eigenvalue weighted by Crippen LogP contribution is -1.98. The van der Waals surface area contributed by atoms with E-state index in [0.29, 0.717) is 0 Å². The lowest BCUT2D eigenvalue weighted by Gasteiger charge is -2.09. The van der Waals surface area contributed by atoms with Crippen LogP contribution in [0.25, 0.3) is 39.3 Å². The zero-order valence-electron chi connectivity index (χ0n) is 20.7. The van der Waals surface area contributed by atoms with Crippen molar-refractivity contribution in [1.82, 2.24) is 25.1 Å². The molecule has 0 amide bonds. The SMILES string of the molecule is C=C/C=C(/C1=CCC=C1)c1cc(-c2n[nH]c3ccc(-c4cncc(NC(=C)CCC)c4)nc23)[nH]c1C. The van der Waals surface area contributed by atoms with E-state index in [9.17, 15) is 0 Å². The molecule has 0 bridgehead atoms. The first-order valence-electron chi connectivity index (χ1n) is 12.2. The first-order chi connectivity index (χ1) is 17.6. The van der Waals surface area contributed by atoms with Gasteiger partial charge < -0.3 is 10.3 Å². The minimum absolute atomic E-state index is 0.786. The number of hydrogen-bond acceptors (Lipinski definition) is 4. The van der Waals surface area contributed by atoms with Crippen LogP contribution < -0.4 is 5.32 Å². The second-order valence-electron chi connectivity index (χ2n) is 8.94. The highest BCUT2D eigenvalue weighted by atomic mass is 15.1. The molecular formula is C30H30N6. The second-order valence-corrected chi connectivity index (χ2v) is 8.94. The number of aromatic nitrogens is 5. The van der Waals surface area contributed by atoms with Gasteiger partial charge in [0.25, 0.3) is 0 Å². The summed E-state index contributed by atoms with van der Waals surface area (Å²) in [7, 11) is 0. The third kappa shape index (κ3) is 4.58. The van der Waals surface area contributed by atoms with Gasteiger partial charge in [-0.3, -0.25) is 10.1 Å². The first kappa shape index (κ1) is 23.3. The predicted octanol–water partition coefficient (Wildman–Crippen LogP) is 7.50. The summed E-state index contributed by atoms with van der Waals surface area (Å²) in [6, 6.07) is 8.19. The van der Waals surface area contributed by atoms with E-state index in [2.05, 4.69) is 82.9 Å². The van der Waals surface area contributed by atoms with Crippen LogP contribution in [0, 0.1) is 6.92 Å². The normalized spacial score (nSPS) is 13.3. The molecule has 6 heteroatoms. The first-order valence-corrected chi connectivity index (χ1v) is 12.2. The van der Waals surface area contributed by atoms with Gasteiger partial charge in [0.05, 0.1) is 28.8 Å². The molecule has 0 aromatic carbocycles. The van der Waals surface area contributed by atoms with Gasteiger partial charge in [-0.1, -0.05) is 56.9 Å². The molecule has 0 radical (unpaired) electrons. The van der Waals surface area contributed by atoms with Crippen molar-refractivity contribution in [2.24, 2.45) is 0 Å². The summed E-state index contributed by atoms with van der Waals surface area (Å²) in [5.41, 5.74) is 11.6. The highest BCUT2D eigenvalue weighted by Crippen LogP contribution is 2.34. The van der Waals surface area contributed by atoms with Gasteiger partial charge >= 0.3 is 0 Å². The van der Waals surface area contributed by atoms with Crippen LogP contribution in [-0.4, -0.2) is 25.1 Å². The van der Waals surface area contributed by atoms with Crippen molar-refractivity contribution in [2.75, 3.05) is 5.32 Å². The van der Waals surface area contributed by atoms with Crippen LogP contribution in [0.2, 0.25) is 0 Å². The largest absolute Gasteiger partial charge is 0.358 e. The number of aryl methyl sites for hydroxylation is 1. The number of anilines is 1. The average molecular weight is 475 g/mol. The quantitative estimate of drug-likeness (QED) is 0.219. The van der Waals surface area contributed by atoms with E-state index in [1.165, 1.54) is 5.57 Å². The maximum atomic E-state index is 4.98. The van der Waals surface area contributed by atoms with E-state index in [-0.39, 0.29) is 0 Å². The highest BCUT2D eigenvalue weighted by molar-refractivity contribution is 5.92. The molecule has 5 rings (SSSR count). The fourth-order valence-corrected chi connectivity index (χ4v) is 4.55. The molecule has 0 spiro atoms. The maximum Gasteiger partial charge on any atom is 0.135 e. The smallest absolute Gasteiger partial charge is 0.135 e. The van der Waals surface area contributed by atoms with E-state index in [1.807, 2.05) is 30.5 Å². The zero-order valence-corrected chi connectivity index (χ0v) is 20.7. The molecule has 1 aliphatic rings. The van der Waals surface area contributed by atoms with Gasteiger partial charge in [-0.2, -0.15) is 5.10 Å². The second kappa shape index (κ2) is 10.0. The van der Waals surface area contributed by atoms with Crippen molar-refractivity contribution in [3.63, 3.8) is 0 Å². The van der Waals surface area contributed by atoms with E-state index >= 15 is 0 Å². The number of aromatic amines is 2. The van der Waals surface area contributed by atoms with E-state index in [4.69, 9.17) is 4.98 Å². The van der Waals surface area contributed by atoms with Crippen LogP contribution in [0.15, 0.2) is 91.5 Å². The van der Waals surface area contributed by atoms with Crippen molar-refractivity contribution < 1.29 is 0 Å². The molecule has 0 aliphatic heterocycles. The van der Waals surface area contributed by atoms with E-state index < -0.39 is 0 Å². The molecule has 6 nitrogen and oxygen atoms in total. The molecule has 0 saturated carbocycles. The number of fused-ring (bicyclic) bond motifs is 1. The summed E-state index contributed by atoms with van der Waals surface area (Å²) in [6.07, 6.45) is 17.0. The molecule has 180 valence electrons. The third-order valence-electron chi connectivity index (χ3n) is 6.24. The van der Waals surface area contributed by atoms with Crippen molar-refractivity contribution >= 4 is 22.3 Å². The summed E-state index contributed by atoms with van der Waals surface area (Å²) >= 11 is 0. The molecule has 0 fully saturated rings. The summed E-state index contributed by atoms with van der Waals surface area (Å²) in [5.74, 6) is 0. The van der Waals surface area contributed by atoms with Crippen LogP contribution in [0.4, 0.5) is 5.69 Å². The van der Waals surface area contributed by atoms with Crippen LogP contribution in [0.1, 0.15) is 37.4 Å². The Hall–Kier alpha value is -4.45. The van der Waals surface area contributed by atoms with Gasteiger partial charge in [0, 0.05) is 28.7 Å². The van der Waals surface area contributed by atoms with Gasteiger partial charge in [0.15, 0.2) is 0 Å². The minimum atomic E-state index is 0.786. The number of H-pyrrole nitrogens is 2. The van der Waals surface area contributed by atoms with Gasteiger partial charge in [0.1, 0.15) is 11.2 Å². The Morgan fingerprint density at radius 1 is 1.22 bits per heavy atom. The van der Waals surface area contributed by atoms with E-state index in [1.54, 1.807) is 6.20 Å². The molecule has 4 aromatic heterocycles. The van der Waals surface area contributed by atoms with Crippen LogP contribution in [0.3, 0.4) is 0 Å². The van der Waals surface area contributed by atoms with Crippen LogP contribution >= 0.6 is 0 Å². The van der Waals surface area contributed by atoms with Gasteiger partial charge in [-0.15, -0.1) is 0 Å². The molecule has 1 aliphatic carbocycles. The molecule has 36 heavy (non-hydrogen) atoms. The Morgan fingerprint density at radius 3 is 2.89 bits per heavy atom. The number of hydrogen-bond donors (Lipinski definition) is 3. The van der Waals surface area contributed by atoms with Gasteiger partial charge in [-0.05, 0) is 55.2 Å². The Bertz CT molecular complexity index is 1540. The van der Waals surface area contributed by atoms with E-state index in [0.717, 1.165) is 81.2 Å². The van der Waals surface area contributed by atoms with Gasteiger partial charge in [0.2, 0.25) is 0 Å². The van der Waals surface area contributed by atoms with Crippen LogP contribution in [-0.2, 0) is 0 Å². The van der Waals surface area contributed by atoms with Crippen molar-refractivity contribution in [3.8, 4) is 22.6 Å². The minimum Gasteiger partial charge on any atom is -0.358 e. The highest BCUT2D eigenvalue weighted by Gasteiger charge is 2.18. The standard InChI is InChI=1S/C30H30N6/c1-5-9-19(3)32-23-15-22(17-31-18-23)26-13-14-27-29(34-26)30(36-35-27)28-16-25(20(4)33-28)24(10-6-2)21-11-7-8-12-21/h6-7,10-18,32-33H,2-3,5,8-9H2,1,4H3,(H,35,36)/b24-10-. The van der Waals surface area contributed by atoms with Crippen molar-refractivity contribution in [2.45, 2.75) is 33.1 Å². The molecule has 3 N–H and O–H groups in total. The number of nitrogens with zero attached hydrogens (tertiary/aromatic N) is 3. The fourth-order valence-electron chi connectivity index (χ4n) is 4.55. The Morgan fingerprint density at radius 2 is 2.11 bits per heavy atom. The summed E-state index contributed by atoms with van der Waals surface area (Å²) in [5, 5.41) is 11.1. The lowest BCUT2D eigenvalue weighted by molar-refractivity contribution is 0.913. The van der Waals surface area contributed by atoms with Crippen LogP contribution in [0.5, 0.6) is 0 Å². The Labute approximate surface area is 211 Å². The topological polar surface area (TPSA) is 82.3 Å². The van der Waals surface area contributed by atoms with Crippen molar-refractivity contribution in [1.29, 1.82) is 0 Å². The summed E-state index contributed by atoms with van der Waals surface area (Å²) in [4.78, 5) is 12.9. The fraction of sp³-hybridized carbons (Fsp3) is 0.167. The Kier molecular flexibility index (Phi) is 6.50. The number of rotatable bonds is 9. The monoisotopic (exact) mass is 474 g/mol. The number of pyridine rings is 2. The number of allylic oxidation sites excluding steroid dienone is 8.